The first-order valence-corrected chi connectivity index (χ1v) is 10.7. The Morgan fingerprint density at radius 3 is 2.63 bits per heavy atom. The molecule has 0 amide bonds. The Labute approximate surface area is 168 Å². The molecule has 0 radical (unpaired) electrons. The van der Waals surface area contributed by atoms with Gasteiger partial charge in [0.15, 0.2) is 5.96 Å². The van der Waals surface area contributed by atoms with Gasteiger partial charge in [-0.2, -0.15) is 0 Å². The molecule has 4 N–H and O–H groups in total. The standard InChI is InChI=1S/C21H33ClN4O/c1-27-20-12-11-16(22)13-19(20)26-21(24-14-15-7-3-2-4-8-15)25-18-10-6-5-9-17(18)23/h11-13,15,17-18H,2-10,14,23H2,1H3,(H2,24,25,26)/t17-,18-/m0/s1. The van der Waals surface area contributed by atoms with E-state index in [-0.39, 0.29) is 12.1 Å². The van der Waals surface area contributed by atoms with Crippen LogP contribution in [-0.2, 0) is 0 Å². The highest BCUT2D eigenvalue weighted by molar-refractivity contribution is 6.31. The average Bonchev–Trinajstić information content (AvgIpc) is 2.69. The number of rotatable bonds is 5. The number of ether oxygens (including phenoxy) is 1. The molecule has 5 nitrogen and oxygen atoms in total. The molecule has 0 unspecified atom stereocenters. The molecule has 6 heteroatoms. The monoisotopic (exact) mass is 392 g/mol. The number of aliphatic imine (C=N–C) groups is 1. The maximum absolute atomic E-state index is 6.35. The number of nitrogens with two attached hydrogens (primary N) is 1. The molecular formula is C21H33ClN4O. The molecule has 2 aliphatic rings. The molecule has 2 aliphatic carbocycles. The number of methoxy groups -OCH3 is 1. The fourth-order valence-electron chi connectivity index (χ4n) is 4.13. The first kappa shape index (κ1) is 20.3. The third-order valence-electron chi connectivity index (χ3n) is 5.79. The van der Waals surface area contributed by atoms with E-state index in [0.29, 0.717) is 10.9 Å². The van der Waals surface area contributed by atoms with Crippen LogP contribution in [0.4, 0.5) is 5.69 Å². The number of hydrogen-bond acceptors (Lipinski definition) is 3. The van der Waals surface area contributed by atoms with Crippen LogP contribution >= 0.6 is 11.6 Å². The zero-order chi connectivity index (χ0) is 19.1. The Morgan fingerprint density at radius 2 is 1.89 bits per heavy atom. The van der Waals surface area contributed by atoms with Crippen molar-refractivity contribution in [1.29, 1.82) is 0 Å². The minimum Gasteiger partial charge on any atom is -0.495 e. The highest BCUT2D eigenvalue weighted by Crippen LogP contribution is 2.28. The summed E-state index contributed by atoms with van der Waals surface area (Å²) in [5.41, 5.74) is 7.17. The van der Waals surface area contributed by atoms with Crippen LogP contribution in [-0.4, -0.2) is 31.7 Å². The van der Waals surface area contributed by atoms with Crippen LogP contribution in [0.25, 0.3) is 0 Å². The minimum absolute atomic E-state index is 0.168. The lowest BCUT2D eigenvalue weighted by molar-refractivity contribution is 0.355. The predicted molar refractivity (Wildman–Crippen MR) is 114 cm³/mol. The number of halogens is 1. The van der Waals surface area contributed by atoms with Gasteiger partial charge in [0, 0.05) is 23.7 Å². The van der Waals surface area contributed by atoms with Crippen LogP contribution < -0.4 is 21.1 Å². The fraction of sp³-hybridized carbons (Fsp3) is 0.667. The van der Waals surface area contributed by atoms with Crippen LogP contribution in [0, 0.1) is 5.92 Å². The summed E-state index contributed by atoms with van der Waals surface area (Å²) in [7, 11) is 1.66. The molecule has 1 aromatic rings. The lowest BCUT2D eigenvalue weighted by Gasteiger charge is -2.31. The van der Waals surface area contributed by atoms with Gasteiger partial charge in [0.2, 0.25) is 0 Å². The maximum atomic E-state index is 6.35. The summed E-state index contributed by atoms with van der Waals surface area (Å²) >= 11 is 6.20. The molecule has 0 aliphatic heterocycles. The highest BCUT2D eigenvalue weighted by Gasteiger charge is 2.23. The summed E-state index contributed by atoms with van der Waals surface area (Å²) in [6, 6.07) is 5.99. The van der Waals surface area contributed by atoms with E-state index in [1.54, 1.807) is 7.11 Å². The van der Waals surface area contributed by atoms with Crippen molar-refractivity contribution < 1.29 is 4.74 Å². The van der Waals surface area contributed by atoms with E-state index in [1.807, 2.05) is 18.2 Å². The predicted octanol–water partition coefficient (Wildman–Crippen LogP) is 4.56. The molecule has 0 aromatic heterocycles. The molecule has 0 bridgehead atoms. The third-order valence-corrected chi connectivity index (χ3v) is 6.02. The van der Waals surface area contributed by atoms with Gasteiger partial charge in [0.05, 0.1) is 12.8 Å². The summed E-state index contributed by atoms with van der Waals surface area (Å²) in [4.78, 5) is 4.92. The molecular weight excluding hydrogens is 360 g/mol. The van der Waals surface area contributed by atoms with Crippen LogP contribution in [0.1, 0.15) is 57.8 Å². The van der Waals surface area contributed by atoms with Crippen molar-refractivity contribution in [1.82, 2.24) is 5.32 Å². The molecule has 27 heavy (non-hydrogen) atoms. The number of hydrogen-bond donors (Lipinski definition) is 3. The third kappa shape index (κ3) is 6.01. The van der Waals surface area contributed by atoms with E-state index in [0.717, 1.165) is 36.8 Å². The summed E-state index contributed by atoms with van der Waals surface area (Å²) in [5, 5.41) is 7.67. The van der Waals surface area contributed by atoms with Crippen molar-refractivity contribution in [2.24, 2.45) is 16.6 Å². The molecule has 2 fully saturated rings. The van der Waals surface area contributed by atoms with E-state index in [1.165, 1.54) is 44.9 Å². The Morgan fingerprint density at radius 1 is 1.15 bits per heavy atom. The van der Waals surface area contributed by atoms with Crippen molar-refractivity contribution in [2.75, 3.05) is 19.0 Å². The van der Waals surface area contributed by atoms with Crippen LogP contribution in [0.3, 0.4) is 0 Å². The van der Waals surface area contributed by atoms with Crippen LogP contribution in [0.15, 0.2) is 23.2 Å². The van der Waals surface area contributed by atoms with Gasteiger partial charge in [-0.1, -0.05) is 43.7 Å². The summed E-state index contributed by atoms with van der Waals surface area (Å²) in [6.45, 7) is 0.847. The summed E-state index contributed by atoms with van der Waals surface area (Å²) in [6.07, 6.45) is 11.1. The van der Waals surface area contributed by atoms with Gasteiger partial charge in [-0.25, -0.2) is 0 Å². The Bertz CT molecular complexity index is 631. The zero-order valence-electron chi connectivity index (χ0n) is 16.3. The lowest BCUT2D eigenvalue weighted by atomic mass is 9.89. The van der Waals surface area contributed by atoms with Crippen molar-refractivity contribution in [3.05, 3.63) is 23.2 Å². The number of nitrogens with one attached hydrogen (secondary N) is 2. The second-order valence-corrected chi connectivity index (χ2v) is 8.30. The molecule has 0 spiro atoms. The maximum Gasteiger partial charge on any atom is 0.196 e. The van der Waals surface area contributed by atoms with Gasteiger partial charge in [-0.05, 0) is 49.8 Å². The molecule has 150 valence electrons. The molecule has 0 heterocycles. The lowest BCUT2D eigenvalue weighted by Crippen LogP contribution is -2.51. The second-order valence-electron chi connectivity index (χ2n) is 7.86. The summed E-state index contributed by atoms with van der Waals surface area (Å²) < 4.78 is 5.48. The Hall–Kier alpha value is -1.46. The Balaban J connectivity index is 1.74. The normalized spacial score (nSPS) is 24.5. The fourth-order valence-corrected chi connectivity index (χ4v) is 4.30. The SMILES string of the molecule is COc1ccc(Cl)cc1NC(=NCC1CCCCC1)N[C@H]1CCCC[C@@H]1N. The van der Waals surface area contributed by atoms with Crippen molar-refractivity contribution in [3.63, 3.8) is 0 Å². The van der Waals surface area contributed by atoms with Gasteiger partial charge < -0.3 is 21.1 Å². The summed E-state index contributed by atoms with van der Waals surface area (Å²) in [5.74, 6) is 2.21. The number of nitrogens with zero attached hydrogens (tertiary/aromatic N) is 1. The molecule has 3 rings (SSSR count). The molecule has 1 aromatic carbocycles. The van der Waals surface area contributed by atoms with Gasteiger partial charge in [-0.15, -0.1) is 0 Å². The van der Waals surface area contributed by atoms with Gasteiger partial charge in [-0.3, -0.25) is 4.99 Å². The average molecular weight is 393 g/mol. The molecule has 0 saturated heterocycles. The van der Waals surface area contributed by atoms with Crippen molar-refractivity contribution in [3.8, 4) is 5.75 Å². The van der Waals surface area contributed by atoms with Crippen LogP contribution in [0.2, 0.25) is 5.02 Å². The van der Waals surface area contributed by atoms with E-state index in [9.17, 15) is 0 Å². The van der Waals surface area contributed by atoms with E-state index >= 15 is 0 Å². The van der Waals surface area contributed by atoms with Crippen molar-refractivity contribution in [2.45, 2.75) is 69.9 Å². The topological polar surface area (TPSA) is 71.7 Å². The van der Waals surface area contributed by atoms with E-state index in [2.05, 4.69) is 10.6 Å². The Kier molecular flexibility index (Phi) is 7.65. The second kappa shape index (κ2) is 10.2. The van der Waals surface area contributed by atoms with Gasteiger partial charge >= 0.3 is 0 Å². The van der Waals surface area contributed by atoms with Crippen LogP contribution in [0.5, 0.6) is 5.75 Å². The molecule has 2 atom stereocenters. The number of benzene rings is 1. The van der Waals surface area contributed by atoms with E-state index in [4.69, 9.17) is 27.1 Å². The van der Waals surface area contributed by atoms with Gasteiger partial charge in [0.1, 0.15) is 5.75 Å². The highest BCUT2D eigenvalue weighted by atomic mass is 35.5. The smallest absolute Gasteiger partial charge is 0.196 e. The number of guanidine groups is 1. The minimum atomic E-state index is 0.168. The van der Waals surface area contributed by atoms with Gasteiger partial charge in [0.25, 0.3) is 0 Å². The largest absolute Gasteiger partial charge is 0.495 e. The number of anilines is 1. The van der Waals surface area contributed by atoms with Crippen molar-refractivity contribution >= 4 is 23.2 Å². The first-order valence-electron chi connectivity index (χ1n) is 10.3. The van der Waals surface area contributed by atoms with E-state index < -0.39 is 0 Å². The quantitative estimate of drug-likeness (QED) is 0.507. The molecule has 2 saturated carbocycles. The zero-order valence-corrected chi connectivity index (χ0v) is 17.1. The first-order chi connectivity index (χ1) is 13.2.